The monoisotopic (exact) mass is 247 g/mol. The predicted molar refractivity (Wildman–Crippen MR) is 58.3 cm³/mol. The highest BCUT2D eigenvalue weighted by Gasteiger charge is 2.42. The molecule has 1 fully saturated rings. The Labute approximate surface area is 99.9 Å². The van der Waals surface area contributed by atoms with Crippen LogP contribution in [-0.4, -0.2) is 48.4 Å². The van der Waals surface area contributed by atoms with Gasteiger partial charge in [-0.15, -0.1) is 0 Å². The number of rotatable bonds is 1. The Morgan fingerprint density at radius 2 is 1.94 bits per heavy atom. The Kier molecular flexibility index (Phi) is 3.95. The molecule has 1 saturated heterocycles. The SMILES string of the molecule is COC(=O)[C@@H]1CC(F)CN1C(=O)OC(C)(C)C. The fraction of sp³-hybridized carbons (Fsp3) is 0.818. The summed E-state index contributed by atoms with van der Waals surface area (Å²) in [5.41, 5.74) is -0.674. The van der Waals surface area contributed by atoms with Gasteiger partial charge in [-0.25, -0.2) is 14.0 Å². The molecule has 0 aromatic rings. The molecular formula is C11H18FNO4. The number of amides is 1. The van der Waals surface area contributed by atoms with Gasteiger partial charge in [0, 0.05) is 6.42 Å². The van der Waals surface area contributed by atoms with Crippen LogP contribution in [0.4, 0.5) is 9.18 Å². The van der Waals surface area contributed by atoms with E-state index < -0.39 is 29.9 Å². The highest BCUT2D eigenvalue weighted by atomic mass is 19.1. The first kappa shape index (κ1) is 13.7. The van der Waals surface area contributed by atoms with E-state index in [-0.39, 0.29) is 13.0 Å². The second-order valence-corrected chi connectivity index (χ2v) is 5.00. The Morgan fingerprint density at radius 3 is 2.41 bits per heavy atom. The molecule has 0 aromatic heterocycles. The van der Waals surface area contributed by atoms with Gasteiger partial charge in [0.25, 0.3) is 0 Å². The summed E-state index contributed by atoms with van der Waals surface area (Å²) >= 11 is 0. The van der Waals surface area contributed by atoms with Crippen LogP contribution < -0.4 is 0 Å². The molecule has 0 aliphatic carbocycles. The van der Waals surface area contributed by atoms with E-state index in [1.165, 1.54) is 7.11 Å². The molecule has 6 heteroatoms. The maximum Gasteiger partial charge on any atom is 0.411 e. The maximum atomic E-state index is 13.3. The number of halogens is 1. The summed E-state index contributed by atoms with van der Waals surface area (Å²) in [4.78, 5) is 24.3. The van der Waals surface area contributed by atoms with Crippen LogP contribution in [0.5, 0.6) is 0 Å². The molecule has 5 nitrogen and oxygen atoms in total. The largest absolute Gasteiger partial charge is 0.467 e. The van der Waals surface area contributed by atoms with Crippen molar-refractivity contribution in [2.75, 3.05) is 13.7 Å². The van der Waals surface area contributed by atoms with Gasteiger partial charge in [-0.2, -0.15) is 0 Å². The van der Waals surface area contributed by atoms with Gasteiger partial charge in [0.15, 0.2) is 0 Å². The Balaban J connectivity index is 2.73. The topological polar surface area (TPSA) is 55.8 Å². The van der Waals surface area contributed by atoms with Gasteiger partial charge in [-0.05, 0) is 20.8 Å². The molecule has 0 bridgehead atoms. The molecule has 1 aliphatic rings. The second-order valence-electron chi connectivity index (χ2n) is 5.00. The summed E-state index contributed by atoms with van der Waals surface area (Å²) in [5.74, 6) is -0.615. The molecular weight excluding hydrogens is 229 g/mol. The molecule has 1 rings (SSSR count). The third-order valence-corrected chi connectivity index (χ3v) is 2.35. The molecule has 0 spiro atoms. The van der Waals surface area contributed by atoms with E-state index in [1.807, 2.05) is 0 Å². The molecule has 0 aromatic carbocycles. The average Bonchev–Trinajstić information content (AvgIpc) is 2.56. The second kappa shape index (κ2) is 4.89. The lowest BCUT2D eigenvalue weighted by molar-refractivity contribution is -0.145. The molecule has 0 saturated carbocycles. The van der Waals surface area contributed by atoms with E-state index in [1.54, 1.807) is 20.8 Å². The van der Waals surface area contributed by atoms with Crippen molar-refractivity contribution >= 4 is 12.1 Å². The number of carbonyl (C=O) groups is 2. The maximum absolute atomic E-state index is 13.3. The number of alkyl halides is 1. The number of carbonyl (C=O) groups excluding carboxylic acids is 2. The molecule has 1 unspecified atom stereocenters. The van der Waals surface area contributed by atoms with Crippen molar-refractivity contribution in [3.8, 4) is 0 Å². The third kappa shape index (κ3) is 3.57. The van der Waals surface area contributed by atoms with Crippen LogP contribution in [0.3, 0.4) is 0 Å². The first-order chi connectivity index (χ1) is 7.74. The van der Waals surface area contributed by atoms with Crippen molar-refractivity contribution in [3.05, 3.63) is 0 Å². The van der Waals surface area contributed by atoms with Crippen molar-refractivity contribution in [1.29, 1.82) is 0 Å². The lowest BCUT2D eigenvalue weighted by Gasteiger charge is -2.27. The molecule has 1 heterocycles. The van der Waals surface area contributed by atoms with Gasteiger partial charge in [0.1, 0.15) is 17.8 Å². The van der Waals surface area contributed by atoms with Crippen LogP contribution in [0.2, 0.25) is 0 Å². The number of hydrogen-bond donors (Lipinski definition) is 0. The summed E-state index contributed by atoms with van der Waals surface area (Å²) in [7, 11) is 1.21. The highest BCUT2D eigenvalue weighted by molar-refractivity contribution is 5.82. The van der Waals surface area contributed by atoms with Crippen LogP contribution >= 0.6 is 0 Å². The molecule has 0 radical (unpaired) electrons. The molecule has 17 heavy (non-hydrogen) atoms. The first-order valence-electron chi connectivity index (χ1n) is 5.46. The van der Waals surface area contributed by atoms with Crippen molar-refractivity contribution in [1.82, 2.24) is 4.90 Å². The van der Waals surface area contributed by atoms with Gasteiger partial charge >= 0.3 is 12.1 Å². The number of esters is 1. The van der Waals surface area contributed by atoms with Gasteiger partial charge in [0.2, 0.25) is 0 Å². The summed E-state index contributed by atoms with van der Waals surface area (Å²) in [5, 5.41) is 0. The first-order valence-corrected chi connectivity index (χ1v) is 5.46. The van der Waals surface area contributed by atoms with Crippen molar-refractivity contribution in [2.45, 2.75) is 45.0 Å². The highest BCUT2D eigenvalue weighted by Crippen LogP contribution is 2.23. The van der Waals surface area contributed by atoms with Crippen LogP contribution in [0.25, 0.3) is 0 Å². The minimum absolute atomic E-state index is 0.0358. The minimum Gasteiger partial charge on any atom is -0.467 e. The van der Waals surface area contributed by atoms with E-state index in [0.717, 1.165) is 4.90 Å². The Hall–Kier alpha value is -1.33. The van der Waals surface area contributed by atoms with E-state index in [2.05, 4.69) is 4.74 Å². The van der Waals surface area contributed by atoms with Crippen molar-refractivity contribution < 1.29 is 23.5 Å². The summed E-state index contributed by atoms with van der Waals surface area (Å²) < 4.78 is 22.9. The average molecular weight is 247 g/mol. The van der Waals surface area contributed by atoms with E-state index in [4.69, 9.17) is 4.74 Å². The van der Waals surface area contributed by atoms with E-state index in [9.17, 15) is 14.0 Å². The number of hydrogen-bond acceptors (Lipinski definition) is 4. The van der Waals surface area contributed by atoms with Crippen LogP contribution in [0.1, 0.15) is 27.2 Å². The van der Waals surface area contributed by atoms with Crippen LogP contribution in [0, 0.1) is 0 Å². The zero-order chi connectivity index (χ0) is 13.2. The van der Waals surface area contributed by atoms with Crippen molar-refractivity contribution in [2.24, 2.45) is 0 Å². The third-order valence-electron chi connectivity index (χ3n) is 2.35. The van der Waals surface area contributed by atoms with Gasteiger partial charge in [-0.3, -0.25) is 4.90 Å². The van der Waals surface area contributed by atoms with Crippen LogP contribution in [-0.2, 0) is 14.3 Å². The molecule has 2 atom stereocenters. The van der Waals surface area contributed by atoms with Crippen molar-refractivity contribution in [3.63, 3.8) is 0 Å². The fourth-order valence-electron chi connectivity index (χ4n) is 1.67. The number of likely N-dealkylation sites (tertiary alicyclic amines) is 1. The summed E-state index contributed by atoms with van der Waals surface area (Å²) in [6.07, 6.45) is -1.94. The predicted octanol–water partition coefficient (Wildman–Crippen LogP) is 1.51. The fourth-order valence-corrected chi connectivity index (χ4v) is 1.67. The Morgan fingerprint density at radius 1 is 1.35 bits per heavy atom. The lowest BCUT2D eigenvalue weighted by atomic mass is 10.2. The van der Waals surface area contributed by atoms with Gasteiger partial charge in [-0.1, -0.05) is 0 Å². The zero-order valence-electron chi connectivity index (χ0n) is 10.5. The normalized spacial score (nSPS) is 24.6. The molecule has 0 N–H and O–H groups in total. The number of ether oxygens (including phenoxy) is 2. The van der Waals surface area contributed by atoms with E-state index in [0.29, 0.717) is 0 Å². The number of methoxy groups -OCH3 is 1. The van der Waals surface area contributed by atoms with Crippen LogP contribution in [0.15, 0.2) is 0 Å². The molecule has 1 amide bonds. The lowest BCUT2D eigenvalue weighted by Crippen LogP contribution is -2.43. The van der Waals surface area contributed by atoms with Gasteiger partial charge < -0.3 is 9.47 Å². The zero-order valence-corrected chi connectivity index (χ0v) is 10.5. The summed E-state index contributed by atoms with van der Waals surface area (Å²) in [6, 6.07) is -0.884. The summed E-state index contributed by atoms with van der Waals surface area (Å²) in [6.45, 7) is 5.00. The number of nitrogens with zero attached hydrogens (tertiary/aromatic N) is 1. The molecule has 1 aliphatic heterocycles. The quantitative estimate of drug-likeness (QED) is 0.659. The minimum atomic E-state index is -1.22. The van der Waals surface area contributed by atoms with E-state index >= 15 is 0 Å². The Bertz CT molecular complexity index is 313. The standard InChI is InChI=1S/C11H18FNO4/c1-11(2,3)17-10(15)13-6-7(12)5-8(13)9(14)16-4/h7-8H,5-6H2,1-4H3/t7?,8-/m0/s1. The smallest absolute Gasteiger partial charge is 0.411 e. The van der Waals surface area contributed by atoms with Gasteiger partial charge in [0.05, 0.1) is 13.7 Å². The molecule has 98 valence electrons.